The fourth-order valence-corrected chi connectivity index (χ4v) is 1.74. The van der Waals surface area contributed by atoms with Gasteiger partial charge in [0.15, 0.2) is 0 Å². The van der Waals surface area contributed by atoms with E-state index < -0.39 is 5.97 Å². The summed E-state index contributed by atoms with van der Waals surface area (Å²) in [6.45, 7) is 2.96. The van der Waals surface area contributed by atoms with Crippen molar-refractivity contribution in [3.05, 3.63) is 35.6 Å². The maximum absolute atomic E-state index is 11.1. The molecule has 6 nitrogen and oxygen atoms in total. The van der Waals surface area contributed by atoms with Crippen LogP contribution in [0.2, 0.25) is 0 Å². The van der Waals surface area contributed by atoms with Crippen LogP contribution < -0.4 is 5.32 Å². The molecule has 0 saturated carbocycles. The number of benzene rings is 1. The third-order valence-electron chi connectivity index (χ3n) is 2.56. The Balaban J connectivity index is 2.37. The van der Waals surface area contributed by atoms with E-state index in [-0.39, 0.29) is 22.9 Å². The number of carboxylic acid groups (broad SMARTS) is 1. The summed E-state index contributed by atoms with van der Waals surface area (Å²) in [7, 11) is 0. The van der Waals surface area contributed by atoms with Gasteiger partial charge in [-0.25, -0.2) is 4.79 Å². The standard InChI is InChI=1S/C13H12N2O4/c1-7-11(13(17)18)12(15-19-7)9-3-5-10(6-4-9)14-8(2)16/h3-6H,1-2H3,(H,14,16)(H,17,18). The fourth-order valence-electron chi connectivity index (χ4n) is 1.74. The average molecular weight is 260 g/mol. The molecule has 2 N–H and O–H groups in total. The van der Waals surface area contributed by atoms with Crippen LogP contribution in [0.15, 0.2) is 28.8 Å². The maximum atomic E-state index is 11.1. The van der Waals surface area contributed by atoms with Crippen molar-refractivity contribution in [3.63, 3.8) is 0 Å². The molecule has 0 unspecified atom stereocenters. The Kier molecular flexibility index (Phi) is 3.33. The highest BCUT2D eigenvalue weighted by Gasteiger charge is 2.20. The number of nitrogens with one attached hydrogen (secondary N) is 1. The molecule has 0 aliphatic carbocycles. The van der Waals surface area contributed by atoms with Crippen molar-refractivity contribution in [3.8, 4) is 11.3 Å². The minimum atomic E-state index is -1.08. The molecule has 0 atom stereocenters. The molecule has 0 aliphatic rings. The second kappa shape index (κ2) is 4.93. The third-order valence-corrected chi connectivity index (χ3v) is 2.56. The average Bonchev–Trinajstić information content (AvgIpc) is 2.71. The highest BCUT2D eigenvalue weighted by molar-refractivity contribution is 5.96. The molecule has 0 bridgehead atoms. The number of hydrogen-bond donors (Lipinski definition) is 2. The molecule has 1 heterocycles. The zero-order valence-corrected chi connectivity index (χ0v) is 10.4. The van der Waals surface area contributed by atoms with Crippen molar-refractivity contribution in [2.45, 2.75) is 13.8 Å². The molecule has 98 valence electrons. The van der Waals surface area contributed by atoms with Crippen molar-refractivity contribution in [1.29, 1.82) is 0 Å². The predicted octanol–water partition coefficient (Wildman–Crippen LogP) is 2.31. The van der Waals surface area contributed by atoms with Crippen LogP contribution in [0.5, 0.6) is 0 Å². The van der Waals surface area contributed by atoms with Gasteiger partial charge in [0.2, 0.25) is 5.91 Å². The number of nitrogens with zero attached hydrogens (tertiary/aromatic N) is 1. The lowest BCUT2D eigenvalue weighted by Gasteiger charge is -2.03. The summed E-state index contributed by atoms with van der Waals surface area (Å²) in [4.78, 5) is 22.0. The number of aromatic nitrogens is 1. The Morgan fingerprint density at radius 1 is 1.26 bits per heavy atom. The van der Waals surface area contributed by atoms with Crippen LogP contribution in [-0.4, -0.2) is 22.1 Å². The lowest BCUT2D eigenvalue weighted by Crippen LogP contribution is -2.05. The van der Waals surface area contributed by atoms with E-state index >= 15 is 0 Å². The van der Waals surface area contributed by atoms with E-state index in [2.05, 4.69) is 10.5 Å². The molecule has 0 radical (unpaired) electrons. The quantitative estimate of drug-likeness (QED) is 0.883. The fraction of sp³-hybridized carbons (Fsp3) is 0.154. The Morgan fingerprint density at radius 3 is 2.42 bits per heavy atom. The number of aryl methyl sites for hydroxylation is 1. The van der Waals surface area contributed by atoms with Gasteiger partial charge < -0.3 is 14.9 Å². The van der Waals surface area contributed by atoms with E-state index in [1.807, 2.05) is 0 Å². The monoisotopic (exact) mass is 260 g/mol. The predicted molar refractivity (Wildman–Crippen MR) is 67.9 cm³/mol. The summed E-state index contributed by atoms with van der Waals surface area (Å²) in [5.74, 6) is -0.996. The first-order valence-corrected chi connectivity index (χ1v) is 5.56. The normalized spacial score (nSPS) is 10.2. The molecule has 2 rings (SSSR count). The lowest BCUT2D eigenvalue weighted by atomic mass is 10.1. The molecule has 0 fully saturated rings. The summed E-state index contributed by atoms with van der Waals surface area (Å²) < 4.78 is 4.91. The Morgan fingerprint density at radius 2 is 1.89 bits per heavy atom. The van der Waals surface area contributed by atoms with Crippen molar-refractivity contribution in [2.24, 2.45) is 0 Å². The molecular formula is C13H12N2O4. The van der Waals surface area contributed by atoms with Gasteiger partial charge >= 0.3 is 5.97 Å². The molecular weight excluding hydrogens is 248 g/mol. The number of carboxylic acids is 1. The van der Waals surface area contributed by atoms with Crippen molar-refractivity contribution in [2.75, 3.05) is 5.32 Å². The molecule has 2 aromatic rings. The largest absolute Gasteiger partial charge is 0.477 e. The first-order valence-electron chi connectivity index (χ1n) is 5.56. The van der Waals surface area contributed by atoms with Crippen LogP contribution in [0, 0.1) is 6.92 Å². The highest BCUT2D eigenvalue weighted by Crippen LogP contribution is 2.26. The number of amides is 1. The van der Waals surface area contributed by atoms with Gasteiger partial charge in [0.1, 0.15) is 17.0 Å². The first-order chi connectivity index (χ1) is 8.99. The minimum Gasteiger partial charge on any atom is -0.477 e. The van der Waals surface area contributed by atoms with Crippen molar-refractivity contribution < 1.29 is 19.2 Å². The van der Waals surface area contributed by atoms with Gasteiger partial charge in [0.25, 0.3) is 0 Å². The Labute approximate surface area is 109 Å². The summed E-state index contributed by atoms with van der Waals surface area (Å²) in [6.07, 6.45) is 0. The second-order valence-corrected chi connectivity index (χ2v) is 4.03. The van der Waals surface area contributed by atoms with E-state index in [0.29, 0.717) is 11.3 Å². The molecule has 6 heteroatoms. The van der Waals surface area contributed by atoms with Gasteiger partial charge in [-0.3, -0.25) is 4.79 Å². The maximum Gasteiger partial charge on any atom is 0.341 e. The van der Waals surface area contributed by atoms with Gasteiger partial charge in [0, 0.05) is 18.2 Å². The summed E-state index contributed by atoms with van der Waals surface area (Å²) in [6, 6.07) is 6.70. The zero-order chi connectivity index (χ0) is 14.0. The van der Waals surface area contributed by atoms with Crippen LogP contribution in [-0.2, 0) is 4.79 Å². The third kappa shape index (κ3) is 2.62. The van der Waals surface area contributed by atoms with Crippen LogP contribution in [0.25, 0.3) is 11.3 Å². The van der Waals surface area contributed by atoms with Crippen LogP contribution in [0.4, 0.5) is 5.69 Å². The molecule has 0 spiro atoms. The zero-order valence-electron chi connectivity index (χ0n) is 10.4. The van der Waals surface area contributed by atoms with Gasteiger partial charge in [0.05, 0.1) is 0 Å². The van der Waals surface area contributed by atoms with Gasteiger partial charge in [-0.2, -0.15) is 0 Å². The number of anilines is 1. The number of aromatic carboxylic acids is 1. The van der Waals surface area contributed by atoms with Crippen LogP contribution in [0.3, 0.4) is 0 Å². The summed E-state index contributed by atoms with van der Waals surface area (Å²) in [5.41, 5.74) is 1.57. The molecule has 0 aliphatic heterocycles. The molecule has 1 aromatic heterocycles. The number of carbonyl (C=O) groups is 2. The van der Waals surface area contributed by atoms with E-state index in [0.717, 1.165) is 0 Å². The highest BCUT2D eigenvalue weighted by atomic mass is 16.5. The first kappa shape index (κ1) is 12.8. The lowest BCUT2D eigenvalue weighted by molar-refractivity contribution is -0.114. The molecule has 1 aromatic carbocycles. The van der Waals surface area contributed by atoms with E-state index in [1.54, 1.807) is 31.2 Å². The van der Waals surface area contributed by atoms with Crippen LogP contribution >= 0.6 is 0 Å². The Bertz CT molecular complexity index is 629. The van der Waals surface area contributed by atoms with Crippen LogP contribution in [0.1, 0.15) is 23.0 Å². The number of rotatable bonds is 3. The second-order valence-electron chi connectivity index (χ2n) is 4.03. The number of carbonyl (C=O) groups excluding carboxylic acids is 1. The summed E-state index contributed by atoms with van der Waals surface area (Å²) >= 11 is 0. The minimum absolute atomic E-state index is 0.0484. The molecule has 1 amide bonds. The van der Waals surface area contributed by atoms with Crippen molar-refractivity contribution in [1.82, 2.24) is 5.16 Å². The van der Waals surface area contributed by atoms with Gasteiger partial charge in [-0.15, -0.1) is 0 Å². The van der Waals surface area contributed by atoms with Gasteiger partial charge in [-0.05, 0) is 19.1 Å². The van der Waals surface area contributed by atoms with E-state index in [9.17, 15) is 9.59 Å². The Hall–Kier alpha value is -2.63. The van der Waals surface area contributed by atoms with E-state index in [4.69, 9.17) is 9.63 Å². The molecule has 0 saturated heterocycles. The smallest absolute Gasteiger partial charge is 0.341 e. The number of hydrogen-bond acceptors (Lipinski definition) is 4. The topological polar surface area (TPSA) is 92.4 Å². The van der Waals surface area contributed by atoms with E-state index in [1.165, 1.54) is 6.92 Å². The summed E-state index contributed by atoms with van der Waals surface area (Å²) in [5, 5.41) is 15.5. The molecule has 19 heavy (non-hydrogen) atoms. The van der Waals surface area contributed by atoms with Gasteiger partial charge in [-0.1, -0.05) is 17.3 Å². The van der Waals surface area contributed by atoms with Crippen molar-refractivity contribution >= 4 is 17.6 Å². The SMILES string of the molecule is CC(=O)Nc1ccc(-c2noc(C)c2C(=O)O)cc1.